The maximum atomic E-state index is 5.86. The first-order valence-corrected chi connectivity index (χ1v) is 6.15. The molecule has 1 aliphatic rings. The van der Waals surface area contributed by atoms with E-state index in [0.717, 1.165) is 38.5 Å². The summed E-state index contributed by atoms with van der Waals surface area (Å²) in [6.07, 6.45) is 3.51. The van der Waals surface area contributed by atoms with E-state index in [1.54, 1.807) is 0 Å². The summed E-state index contributed by atoms with van der Waals surface area (Å²) in [4.78, 5) is 2.47. The third-order valence-electron chi connectivity index (χ3n) is 3.36. The molecule has 0 aliphatic carbocycles. The molecule has 1 saturated heterocycles. The van der Waals surface area contributed by atoms with Crippen molar-refractivity contribution in [3.8, 4) is 0 Å². The quantitative estimate of drug-likeness (QED) is 0.753. The third kappa shape index (κ3) is 4.09. The Morgan fingerprint density at radius 1 is 1.33 bits per heavy atom. The molecule has 0 spiro atoms. The smallest absolute Gasteiger partial charge is 0.0480 e. The molecule has 15 heavy (non-hydrogen) atoms. The SMILES string of the molecule is CC(C)CC(CN)N(C)C1CCOCC1. The Kier molecular flexibility index (Phi) is 5.58. The van der Waals surface area contributed by atoms with Crippen LogP contribution >= 0.6 is 0 Å². The molecule has 1 rings (SSSR count). The van der Waals surface area contributed by atoms with Gasteiger partial charge in [-0.3, -0.25) is 4.90 Å². The predicted octanol–water partition coefficient (Wildman–Crippen LogP) is 1.47. The van der Waals surface area contributed by atoms with Crippen molar-refractivity contribution in [2.45, 2.75) is 45.2 Å². The highest BCUT2D eigenvalue weighted by Gasteiger charge is 2.24. The number of hydrogen-bond donors (Lipinski definition) is 1. The van der Waals surface area contributed by atoms with Gasteiger partial charge in [-0.1, -0.05) is 13.8 Å². The molecular weight excluding hydrogens is 188 g/mol. The van der Waals surface area contributed by atoms with Crippen molar-refractivity contribution in [2.24, 2.45) is 11.7 Å². The van der Waals surface area contributed by atoms with Crippen LogP contribution in [0.4, 0.5) is 0 Å². The summed E-state index contributed by atoms with van der Waals surface area (Å²) in [6.45, 7) is 7.12. The monoisotopic (exact) mass is 214 g/mol. The second-order valence-electron chi connectivity index (χ2n) is 5.03. The first-order chi connectivity index (χ1) is 7.15. The van der Waals surface area contributed by atoms with Gasteiger partial charge >= 0.3 is 0 Å². The van der Waals surface area contributed by atoms with Gasteiger partial charge in [0.2, 0.25) is 0 Å². The van der Waals surface area contributed by atoms with Gasteiger partial charge in [0.15, 0.2) is 0 Å². The van der Waals surface area contributed by atoms with Gasteiger partial charge in [-0.05, 0) is 32.2 Å². The molecule has 1 heterocycles. The number of hydrogen-bond acceptors (Lipinski definition) is 3. The molecule has 0 aromatic rings. The Morgan fingerprint density at radius 3 is 2.40 bits per heavy atom. The van der Waals surface area contributed by atoms with Gasteiger partial charge in [-0.25, -0.2) is 0 Å². The number of nitrogens with zero attached hydrogens (tertiary/aromatic N) is 1. The molecule has 1 aliphatic heterocycles. The van der Waals surface area contributed by atoms with Crippen LogP contribution in [0.3, 0.4) is 0 Å². The zero-order chi connectivity index (χ0) is 11.3. The highest BCUT2D eigenvalue weighted by atomic mass is 16.5. The van der Waals surface area contributed by atoms with E-state index in [4.69, 9.17) is 10.5 Å². The molecule has 1 fully saturated rings. The summed E-state index contributed by atoms with van der Waals surface area (Å²) in [5, 5.41) is 0. The number of ether oxygens (including phenoxy) is 1. The summed E-state index contributed by atoms with van der Waals surface area (Å²) in [7, 11) is 2.22. The van der Waals surface area contributed by atoms with E-state index in [1.165, 1.54) is 6.42 Å². The fourth-order valence-electron chi connectivity index (χ4n) is 2.36. The van der Waals surface area contributed by atoms with Gasteiger partial charge in [-0.15, -0.1) is 0 Å². The van der Waals surface area contributed by atoms with Crippen LogP contribution in [-0.4, -0.2) is 43.8 Å². The Morgan fingerprint density at radius 2 is 1.93 bits per heavy atom. The van der Waals surface area contributed by atoms with Crippen molar-refractivity contribution in [1.29, 1.82) is 0 Å². The number of nitrogens with two attached hydrogens (primary N) is 1. The molecule has 2 N–H and O–H groups in total. The Hall–Kier alpha value is -0.120. The van der Waals surface area contributed by atoms with E-state index < -0.39 is 0 Å². The molecule has 3 nitrogen and oxygen atoms in total. The maximum Gasteiger partial charge on any atom is 0.0480 e. The van der Waals surface area contributed by atoms with Crippen LogP contribution in [0.2, 0.25) is 0 Å². The predicted molar refractivity (Wildman–Crippen MR) is 63.9 cm³/mol. The second kappa shape index (κ2) is 6.46. The number of likely N-dealkylation sites (N-methyl/N-ethyl adjacent to an activating group) is 1. The normalized spacial score (nSPS) is 21.2. The lowest BCUT2D eigenvalue weighted by atomic mass is 9.99. The zero-order valence-corrected chi connectivity index (χ0v) is 10.4. The summed E-state index contributed by atoms with van der Waals surface area (Å²) >= 11 is 0. The second-order valence-corrected chi connectivity index (χ2v) is 5.03. The molecule has 0 amide bonds. The molecule has 0 aromatic heterocycles. The van der Waals surface area contributed by atoms with Crippen LogP contribution in [0.15, 0.2) is 0 Å². The Bertz CT molecular complexity index is 167. The van der Waals surface area contributed by atoms with Crippen LogP contribution in [0, 0.1) is 5.92 Å². The fraction of sp³-hybridized carbons (Fsp3) is 1.00. The highest BCUT2D eigenvalue weighted by Crippen LogP contribution is 2.18. The minimum absolute atomic E-state index is 0.535. The molecule has 0 bridgehead atoms. The average molecular weight is 214 g/mol. The summed E-state index contributed by atoms with van der Waals surface area (Å²) in [5.74, 6) is 0.723. The van der Waals surface area contributed by atoms with Crippen molar-refractivity contribution in [1.82, 2.24) is 4.90 Å². The van der Waals surface area contributed by atoms with Gasteiger partial charge in [0.25, 0.3) is 0 Å². The zero-order valence-electron chi connectivity index (χ0n) is 10.4. The van der Waals surface area contributed by atoms with Crippen LogP contribution in [0.5, 0.6) is 0 Å². The first-order valence-electron chi connectivity index (χ1n) is 6.15. The van der Waals surface area contributed by atoms with Crippen molar-refractivity contribution < 1.29 is 4.74 Å². The van der Waals surface area contributed by atoms with Gasteiger partial charge in [0.05, 0.1) is 0 Å². The van der Waals surface area contributed by atoms with E-state index in [-0.39, 0.29) is 0 Å². The summed E-state index contributed by atoms with van der Waals surface area (Å²) in [6, 6.07) is 1.21. The van der Waals surface area contributed by atoms with E-state index in [1.807, 2.05) is 0 Å². The van der Waals surface area contributed by atoms with Crippen LogP contribution in [-0.2, 0) is 4.74 Å². The van der Waals surface area contributed by atoms with E-state index in [9.17, 15) is 0 Å². The summed E-state index contributed by atoms with van der Waals surface area (Å²) in [5.41, 5.74) is 5.86. The molecule has 1 unspecified atom stereocenters. The molecule has 3 heteroatoms. The van der Waals surface area contributed by atoms with Crippen LogP contribution < -0.4 is 5.73 Å². The van der Waals surface area contributed by atoms with Gasteiger partial charge < -0.3 is 10.5 Å². The van der Waals surface area contributed by atoms with Crippen LogP contribution in [0.25, 0.3) is 0 Å². The standard InChI is InChI=1S/C12H26N2O/c1-10(2)8-12(9-13)14(3)11-4-6-15-7-5-11/h10-12H,4-9,13H2,1-3H3. The molecule has 0 radical (unpaired) electrons. The van der Waals surface area contributed by atoms with Gasteiger partial charge in [-0.2, -0.15) is 0 Å². The molecule has 0 saturated carbocycles. The highest BCUT2D eigenvalue weighted by molar-refractivity contribution is 4.79. The minimum atomic E-state index is 0.535. The van der Waals surface area contributed by atoms with Crippen molar-refractivity contribution in [3.63, 3.8) is 0 Å². The van der Waals surface area contributed by atoms with Crippen LogP contribution in [0.1, 0.15) is 33.1 Å². The Balaban J connectivity index is 2.43. The third-order valence-corrected chi connectivity index (χ3v) is 3.36. The summed E-state index contributed by atoms with van der Waals surface area (Å²) < 4.78 is 5.39. The molecular formula is C12H26N2O. The van der Waals surface area contributed by atoms with Gasteiger partial charge in [0, 0.05) is 31.8 Å². The minimum Gasteiger partial charge on any atom is -0.381 e. The largest absolute Gasteiger partial charge is 0.381 e. The topological polar surface area (TPSA) is 38.5 Å². The van der Waals surface area contributed by atoms with E-state index in [0.29, 0.717) is 12.1 Å². The van der Waals surface area contributed by atoms with E-state index >= 15 is 0 Å². The number of rotatable bonds is 5. The average Bonchev–Trinajstić information content (AvgIpc) is 2.26. The fourth-order valence-corrected chi connectivity index (χ4v) is 2.36. The molecule has 90 valence electrons. The van der Waals surface area contributed by atoms with Crippen molar-refractivity contribution >= 4 is 0 Å². The molecule has 1 atom stereocenters. The molecule has 0 aromatic carbocycles. The lowest BCUT2D eigenvalue weighted by Gasteiger charge is -2.37. The Labute approximate surface area is 94.0 Å². The lowest BCUT2D eigenvalue weighted by Crippen LogP contribution is -2.47. The maximum absolute atomic E-state index is 5.86. The van der Waals surface area contributed by atoms with Gasteiger partial charge in [0.1, 0.15) is 0 Å². The lowest BCUT2D eigenvalue weighted by molar-refractivity contribution is 0.0265. The van der Waals surface area contributed by atoms with Crippen molar-refractivity contribution in [2.75, 3.05) is 26.8 Å². The first kappa shape index (κ1) is 12.9. The van der Waals surface area contributed by atoms with Crippen molar-refractivity contribution in [3.05, 3.63) is 0 Å². The van der Waals surface area contributed by atoms with E-state index in [2.05, 4.69) is 25.8 Å².